The first-order valence-corrected chi connectivity index (χ1v) is 12.1. The van der Waals surface area contributed by atoms with Gasteiger partial charge in [-0.15, -0.1) is 10.2 Å². The van der Waals surface area contributed by atoms with Crippen molar-refractivity contribution in [2.45, 2.75) is 18.2 Å². The number of hydrogen-bond donors (Lipinski definition) is 1. The van der Waals surface area contributed by atoms with Crippen molar-refractivity contribution in [3.63, 3.8) is 0 Å². The number of amides is 1. The predicted octanol–water partition coefficient (Wildman–Crippen LogP) is 3.56. The second-order valence-corrected chi connectivity index (χ2v) is 10.4. The molecule has 0 saturated heterocycles. The van der Waals surface area contributed by atoms with Crippen molar-refractivity contribution in [2.75, 3.05) is 18.7 Å². The number of sulfone groups is 1. The zero-order valence-corrected chi connectivity index (χ0v) is 19.9. The Bertz CT molecular complexity index is 1380. The third kappa shape index (κ3) is 4.83. The SMILES string of the molecule is COc1ccc(Cl)cc1-n1c(C)cc(C=C(C#N)C(=O)Nc2nnc(S(C)(=O)=O)s2)c1C. The maximum atomic E-state index is 12.6. The molecule has 0 spiro atoms. The molecule has 1 aromatic carbocycles. The van der Waals surface area contributed by atoms with Crippen LogP contribution in [0, 0.1) is 25.2 Å². The molecule has 1 amide bonds. The lowest BCUT2D eigenvalue weighted by Crippen LogP contribution is -2.13. The minimum absolute atomic E-state index is 0.0225. The van der Waals surface area contributed by atoms with E-state index in [0.717, 1.165) is 23.3 Å². The fourth-order valence-corrected chi connectivity index (χ4v) is 4.69. The van der Waals surface area contributed by atoms with Crippen LogP contribution in [0.2, 0.25) is 5.02 Å². The van der Waals surface area contributed by atoms with Crippen molar-refractivity contribution in [2.24, 2.45) is 0 Å². The van der Waals surface area contributed by atoms with Gasteiger partial charge in [-0.1, -0.05) is 22.9 Å². The molecule has 2 aromatic heterocycles. The highest BCUT2D eigenvalue weighted by molar-refractivity contribution is 7.92. The number of methoxy groups -OCH3 is 1. The number of anilines is 1. The fraction of sp³-hybridized carbons (Fsp3) is 0.200. The lowest BCUT2D eigenvalue weighted by atomic mass is 10.1. The topological polar surface area (TPSA) is 127 Å². The molecule has 166 valence electrons. The molecule has 1 N–H and O–H groups in total. The molecule has 0 radical (unpaired) electrons. The maximum Gasteiger partial charge on any atom is 0.268 e. The number of hydrogen-bond acceptors (Lipinski definition) is 8. The van der Waals surface area contributed by atoms with Gasteiger partial charge < -0.3 is 9.30 Å². The molecule has 12 heteroatoms. The number of ether oxygens (including phenoxy) is 1. The lowest BCUT2D eigenvalue weighted by Gasteiger charge is -2.14. The summed E-state index contributed by atoms with van der Waals surface area (Å²) < 4.78 is 30.2. The molecule has 3 rings (SSSR count). The van der Waals surface area contributed by atoms with E-state index in [1.807, 2.05) is 30.6 Å². The monoisotopic (exact) mass is 491 g/mol. The summed E-state index contributed by atoms with van der Waals surface area (Å²) in [6, 6.07) is 8.94. The van der Waals surface area contributed by atoms with Gasteiger partial charge in [-0.05, 0) is 49.8 Å². The maximum absolute atomic E-state index is 12.6. The Morgan fingerprint density at radius 3 is 2.62 bits per heavy atom. The second-order valence-electron chi connectivity index (χ2n) is 6.75. The van der Waals surface area contributed by atoms with Crippen molar-refractivity contribution in [1.29, 1.82) is 5.26 Å². The number of rotatable bonds is 6. The number of aryl methyl sites for hydroxylation is 1. The Balaban J connectivity index is 1.96. The minimum atomic E-state index is -3.54. The van der Waals surface area contributed by atoms with Gasteiger partial charge in [0.1, 0.15) is 17.4 Å². The van der Waals surface area contributed by atoms with Crippen LogP contribution in [0.15, 0.2) is 34.2 Å². The lowest BCUT2D eigenvalue weighted by molar-refractivity contribution is -0.112. The number of aromatic nitrogens is 3. The largest absolute Gasteiger partial charge is 0.495 e. The zero-order valence-electron chi connectivity index (χ0n) is 17.5. The van der Waals surface area contributed by atoms with E-state index >= 15 is 0 Å². The predicted molar refractivity (Wildman–Crippen MR) is 122 cm³/mol. The molecular weight excluding hydrogens is 474 g/mol. The van der Waals surface area contributed by atoms with Gasteiger partial charge in [-0.3, -0.25) is 10.1 Å². The van der Waals surface area contributed by atoms with Crippen LogP contribution in [-0.2, 0) is 14.6 Å². The molecule has 2 heterocycles. The van der Waals surface area contributed by atoms with E-state index in [1.54, 1.807) is 25.3 Å². The summed E-state index contributed by atoms with van der Waals surface area (Å²) in [5.74, 6) is -0.114. The van der Waals surface area contributed by atoms with E-state index in [4.69, 9.17) is 16.3 Å². The first kappa shape index (κ1) is 23.5. The molecule has 0 bridgehead atoms. The quantitative estimate of drug-likeness (QED) is 0.317. The Kier molecular flexibility index (Phi) is 6.68. The summed E-state index contributed by atoms with van der Waals surface area (Å²) >= 11 is 6.87. The van der Waals surface area contributed by atoms with Crippen LogP contribution in [-0.4, -0.2) is 42.5 Å². The number of nitrogens with zero attached hydrogens (tertiary/aromatic N) is 4. The van der Waals surface area contributed by atoms with E-state index in [9.17, 15) is 18.5 Å². The summed E-state index contributed by atoms with van der Waals surface area (Å²) in [4.78, 5) is 12.6. The number of nitriles is 1. The summed E-state index contributed by atoms with van der Waals surface area (Å²) in [6.07, 6.45) is 2.44. The molecule has 0 fully saturated rings. The van der Waals surface area contributed by atoms with E-state index < -0.39 is 15.7 Å². The van der Waals surface area contributed by atoms with Crippen LogP contribution in [0.4, 0.5) is 5.13 Å². The number of nitrogens with one attached hydrogen (secondary N) is 1. The average molecular weight is 492 g/mol. The molecule has 0 aliphatic carbocycles. The second kappa shape index (κ2) is 9.12. The fourth-order valence-electron chi connectivity index (χ4n) is 3.02. The average Bonchev–Trinajstić information content (AvgIpc) is 3.30. The highest BCUT2D eigenvalue weighted by atomic mass is 35.5. The first-order valence-electron chi connectivity index (χ1n) is 9.04. The van der Waals surface area contributed by atoms with Gasteiger partial charge in [0.25, 0.3) is 5.91 Å². The first-order chi connectivity index (χ1) is 15.0. The molecule has 9 nitrogen and oxygen atoms in total. The van der Waals surface area contributed by atoms with Crippen LogP contribution in [0.25, 0.3) is 11.8 Å². The van der Waals surface area contributed by atoms with Gasteiger partial charge in [0.05, 0.1) is 12.8 Å². The van der Waals surface area contributed by atoms with Crippen LogP contribution in [0.3, 0.4) is 0 Å². The van der Waals surface area contributed by atoms with Crippen LogP contribution in [0.1, 0.15) is 17.0 Å². The Hall–Kier alpha value is -3.20. The summed E-state index contributed by atoms with van der Waals surface area (Å²) in [5, 5.41) is 19.6. The number of carbonyl (C=O) groups excluding carboxylic acids is 1. The van der Waals surface area contributed by atoms with Crippen molar-refractivity contribution < 1.29 is 17.9 Å². The Labute approximate surface area is 193 Å². The molecule has 0 aliphatic rings. The van der Waals surface area contributed by atoms with Crippen molar-refractivity contribution in [3.8, 4) is 17.5 Å². The smallest absolute Gasteiger partial charge is 0.268 e. The molecule has 0 aliphatic heterocycles. The van der Waals surface area contributed by atoms with Gasteiger partial charge >= 0.3 is 0 Å². The molecule has 0 atom stereocenters. The number of carbonyl (C=O) groups is 1. The van der Waals surface area contributed by atoms with E-state index in [2.05, 4.69) is 15.5 Å². The highest BCUT2D eigenvalue weighted by Crippen LogP contribution is 2.31. The zero-order chi connectivity index (χ0) is 23.6. The third-order valence-electron chi connectivity index (χ3n) is 4.46. The van der Waals surface area contributed by atoms with Gasteiger partial charge in [0, 0.05) is 22.7 Å². The van der Waals surface area contributed by atoms with Gasteiger partial charge in [-0.25, -0.2) is 8.42 Å². The van der Waals surface area contributed by atoms with Gasteiger partial charge in [0.15, 0.2) is 0 Å². The van der Waals surface area contributed by atoms with Crippen LogP contribution in [0.5, 0.6) is 5.75 Å². The molecule has 32 heavy (non-hydrogen) atoms. The van der Waals surface area contributed by atoms with Crippen molar-refractivity contribution in [3.05, 3.63) is 51.8 Å². The highest BCUT2D eigenvalue weighted by Gasteiger charge is 2.19. The minimum Gasteiger partial charge on any atom is -0.495 e. The summed E-state index contributed by atoms with van der Waals surface area (Å²) in [5.41, 5.74) is 2.79. The van der Waals surface area contributed by atoms with Crippen LogP contribution < -0.4 is 10.1 Å². The summed E-state index contributed by atoms with van der Waals surface area (Å²) in [6.45, 7) is 3.72. The molecule has 0 unspecified atom stereocenters. The van der Waals surface area contributed by atoms with E-state index in [-0.39, 0.29) is 15.0 Å². The number of benzene rings is 1. The number of halogens is 1. The van der Waals surface area contributed by atoms with Crippen LogP contribution >= 0.6 is 22.9 Å². The normalized spacial score (nSPS) is 11.8. The van der Waals surface area contributed by atoms with Gasteiger partial charge in [-0.2, -0.15) is 5.26 Å². The Morgan fingerprint density at radius 2 is 2.03 bits per heavy atom. The van der Waals surface area contributed by atoms with Crippen molar-refractivity contribution >= 4 is 49.9 Å². The molecule has 0 saturated carbocycles. The third-order valence-corrected chi connectivity index (χ3v) is 7.20. The standard InChI is InChI=1S/C20H18ClN5O4S2/c1-11-7-13(12(2)26(11)16-9-15(21)5-6-17(16)30-3)8-14(10-22)18(27)23-19-24-25-20(31-19)32(4,28)29/h5-9H,1-4H3,(H,23,24,27). The summed E-state index contributed by atoms with van der Waals surface area (Å²) in [7, 11) is -1.99. The molecule has 3 aromatic rings. The van der Waals surface area contributed by atoms with Gasteiger partial charge in [0.2, 0.25) is 19.3 Å². The van der Waals surface area contributed by atoms with E-state index in [1.165, 1.54) is 6.08 Å². The van der Waals surface area contributed by atoms with Crippen molar-refractivity contribution in [1.82, 2.24) is 14.8 Å². The Morgan fingerprint density at radius 1 is 1.31 bits per heavy atom. The molecular formula is C20H18ClN5O4S2. The van der Waals surface area contributed by atoms with E-state index in [0.29, 0.717) is 27.7 Å².